The molecule has 0 fully saturated rings. The Morgan fingerprint density at radius 1 is 1.32 bits per heavy atom. The van der Waals surface area contributed by atoms with Gasteiger partial charge in [0.25, 0.3) is 0 Å². The van der Waals surface area contributed by atoms with E-state index in [-0.39, 0.29) is 0 Å². The summed E-state index contributed by atoms with van der Waals surface area (Å²) >= 11 is 1.80. The Morgan fingerprint density at radius 3 is 2.68 bits per heavy atom. The topological polar surface area (TPSA) is 54.2 Å². The number of nitrogens with one attached hydrogen (secondary N) is 2. The molecule has 0 unspecified atom stereocenters. The van der Waals surface area contributed by atoms with E-state index in [1.54, 1.807) is 24.6 Å². The first-order valence-electron chi connectivity index (χ1n) is 6.15. The summed E-state index contributed by atoms with van der Waals surface area (Å²) in [5.41, 5.74) is 1.12. The third kappa shape index (κ3) is 3.82. The van der Waals surface area contributed by atoms with E-state index in [1.807, 2.05) is 17.8 Å². The van der Waals surface area contributed by atoms with Crippen molar-refractivity contribution < 1.29 is 0 Å². The van der Waals surface area contributed by atoms with Gasteiger partial charge in [-0.1, -0.05) is 0 Å². The van der Waals surface area contributed by atoms with Gasteiger partial charge in [0.15, 0.2) is 5.96 Å². The van der Waals surface area contributed by atoms with Crippen molar-refractivity contribution in [3.8, 4) is 0 Å². The average molecular weight is 277 g/mol. The first-order valence-corrected chi connectivity index (χ1v) is 6.97. The van der Waals surface area contributed by atoms with Gasteiger partial charge in [-0.05, 0) is 25.1 Å². The molecule has 2 rings (SSSR count). The van der Waals surface area contributed by atoms with Crippen LogP contribution in [0.5, 0.6) is 0 Å². The second-order valence-electron chi connectivity index (χ2n) is 4.24. The van der Waals surface area contributed by atoms with Crippen molar-refractivity contribution in [3.63, 3.8) is 0 Å². The van der Waals surface area contributed by atoms with Crippen LogP contribution in [0.15, 0.2) is 29.4 Å². The molecule has 0 aliphatic rings. The first-order chi connectivity index (χ1) is 9.19. The molecule has 19 heavy (non-hydrogen) atoms. The standard InChI is InChI=1S/C13H19N5S/c1-10-4-5-12(19-10)9-16-13(14-2)15-8-11-6-7-17-18(11)3/h4-7H,8-9H2,1-3H3,(H2,14,15,16). The van der Waals surface area contributed by atoms with E-state index in [0.29, 0.717) is 6.54 Å². The lowest BCUT2D eigenvalue weighted by Crippen LogP contribution is -2.36. The lowest BCUT2D eigenvalue weighted by Gasteiger charge is -2.11. The van der Waals surface area contributed by atoms with Gasteiger partial charge in [-0.2, -0.15) is 5.10 Å². The van der Waals surface area contributed by atoms with E-state index in [1.165, 1.54) is 9.75 Å². The molecule has 2 aromatic rings. The number of hydrogen-bond donors (Lipinski definition) is 2. The molecule has 0 saturated heterocycles. The molecule has 2 aromatic heterocycles. The molecule has 102 valence electrons. The zero-order valence-electron chi connectivity index (χ0n) is 11.5. The molecule has 0 atom stereocenters. The van der Waals surface area contributed by atoms with E-state index in [2.05, 4.69) is 39.8 Å². The number of aromatic nitrogens is 2. The van der Waals surface area contributed by atoms with Crippen LogP contribution in [0.1, 0.15) is 15.4 Å². The third-order valence-corrected chi connectivity index (χ3v) is 3.81. The van der Waals surface area contributed by atoms with Crippen LogP contribution in [-0.4, -0.2) is 22.8 Å². The highest BCUT2D eigenvalue weighted by molar-refractivity contribution is 7.11. The average Bonchev–Trinajstić information content (AvgIpc) is 2.99. The highest BCUT2D eigenvalue weighted by Crippen LogP contribution is 2.14. The van der Waals surface area contributed by atoms with Crippen LogP contribution < -0.4 is 10.6 Å². The summed E-state index contributed by atoms with van der Waals surface area (Å²) in [7, 11) is 3.71. The summed E-state index contributed by atoms with van der Waals surface area (Å²) in [5, 5.41) is 10.7. The molecule has 0 amide bonds. The molecule has 0 aliphatic carbocycles. The fourth-order valence-electron chi connectivity index (χ4n) is 1.72. The Hall–Kier alpha value is -1.82. The minimum Gasteiger partial charge on any atom is -0.352 e. The van der Waals surface area contributed by atoms with Crippen molar-refractivity contribution in [1.82, 2.24) is 20.4 Å². The summed E-state index contributed by atoms with van der Waals surface area (Å²) in [5.74, 6) is 0.798. The molecule has 0 saturated carbocycles. The van der Waals surface area contributed by atoms with Gasteiger partial charge in [0.2, 0.25) is 0 Å². The Kier molecular flexibility index (Phi) is 4.57. The van der Waals surface area contributed by atoms with Crippen LogP contribution >= 0.6 is 11.3 Å². The zero-order valence-corrected chi connectivity index (χ0v) is 12.3. The summed E-state index contributed by atoms with van der Waals surface area (Å²) in [6, 6.07) is 6.26. The molecule has 2 N–H and O–H groups in total. The van der Waals surface area contributed by atoms with E-state index < -0.39 is 0 Å². The van der Waals surface area contributed by atoms with E-state index in [9.17, 15) is 0 Å². The number of thiophene rings is 1. The second-order valence-corrected chi connectivity index (χ2v) is 5.61. The van der Waals surface area contributed by atoms with Gasteiger partial charge in [-0.3, -0.25) is 9.67 Å². The van der Waals surface area contributed by atoms with E-state index >= 15 is 0 Å². The van der Waals surface area contributed by atoms with Gasteiger partial charge in [-0.15, -0.1) is 11.3 Å². The highest BCUT2D eigenvalue weighted by Gasteiger charge is 2.02. The van der Waals surface area contributed by atoms with Gasteiger partial charge in [-0.25, -0.2) is 0 Å². The number of aliphatic imine (C=N–C) groups is 1. The quantitative estimate of drug-likeness (QED) is 0.660. The number of guanidine groups is 1. The monoisotopic (exact) mass is 277 g/mol. The molecule has 0 aromatic carbocycles. The largest absolute Gasteiger partial charge is 0.352 e. The Labute approximate surface area is 117 Å². The fraction of sp³-hybridized carbons (Fsp3) is 0.385. The van der Waals surface area contributed by atoms with Crippen molar-refractivity contribution in [2.75, 3.05) is 7.05 Å². The number of nitrogens with zero attached hydrogens (tertiary/aromatic N) is 3. The van der Waals surface area contributed by atoms with Crippen LogP contribution in [0.3, 0.4) is 0 Å². The molecule has 6 heteroatoms. The predicted octanol–water partition coefficient (Wildman–Crippen LogP) is 1.66. The van der Waals surface area contributed by atoms with Crippen LogP contribution in [0.2, 0.25) is 0 Å². The summed E-state index contributed by atoms with van der Waals surface area (Å²) in [4.78, 5) is 6.84. The van der Waals surface area contributed by atoms with Crippen LogP contribution in [0.25, 0.3) is 0 Å². The number of aryl methyl sites for hydroxylation is 2. The molecule has 0 aliphatic heterocycles. The molecule has 5 nitrogen and oxygen atoms in total. The van der Waals surface area contributed by atoms with Gasteiger partial charge < -0.3 is 10.6 Å². The van der Waals surface area contributed by atoms with Crippen LogP contribution in [0, 0.1) is 6.92 Å². The maximum absolute atomic E-state index is 4.21. The molecular formula is C13H19N5S. The van der Waals surface area contributed by atoms with Gasteiger partial charge in [0, 0.05) is 30.0 Å². The molecule has 0 radical (unpaired) electrons. The smallest absolute Gasteiger partial charge is 0.191 e. The molecule has 0 spiro atoms. The zero-order chi connectivity index (χ0) is 13.7. The van der Waals surface area contributed by atoms with E-state index in [0.717, 1.165) is 18.2 Å². The summed E-state index contributed by atoms with van der Waals surface area (Å²) in [6.45, 7) is 3.62. The minimum absolute atomic E-state index is 0.708. The Bertz CT molecular complexity index is 555. The normalized spacial score (nSPS) is 11.6. The van der Waals surface area contributed by atoms with E-state index in [4.69, 9.17) is 0 Å². The molecular weight excluding hydrogens is 258 g/mol. The van der Waals surface area contributed by atoms with Gasteiger partial charge in [0.05, 0.1) is 18.8 Å². The highest BCUT2D eigenvalue weighted by atomic mass is 32.1. The fourth-order valence-corrected chi connectivity index (χ4v) is 2.55. The lowest BCUT2D eigenvalue weighted by molar-refractivity contribution is 0.685. The predicted molar refractivity (Wildman–Crippen MR) is 79.3 cm³/mol. The number of hydrogen-bond acceptors (Lipinski definition) is 3. The van der Waals surface area contributed by atoms with Crippen molar-refractivity contribution in [2.24, 2.45) is 12.0 Å². The lowest BCUT2D eigenvalue weighted by atomic mass is 10.4. The number of rotatable bonds is 4. The second kappa shape index (κ2) is 6.38. The first kappa shape index (κ1) is 13.6. The Balaban J connectivity index is 1.82. The van der Waals surface area contributed by atoms with Crippen LogP contribution in [-0.2, 0) is 20.1 Å². The summed E-state index contributed by atoms with van der Waals surface area (Å²) < 4.78 is 1.85. The van der Waals surface area contributed by atoms with Gasteiger partial charge >= 0.3 is 0 Å². The molecule has 0 bridgehead atoms. The van der Waals surface area contributed by atoms with Gasteiger partial charge in [0.1, 0.15) is 0 Å². The van der Waals surface area contributed by atoms with Crippen molar-refractivity contribution in [2.45, 2.75) is 20.0 Å². The Morgan fingerprint density at radius 2 is 2.11 bits per heavy atom. The van der Waals surface area contributed by atoms with Crippen molar-refractivity contribution in [3.05, 3.63) is 39.8 Å². The maximum atomic E-state index is 4.21. The van der Waals surface area contributed by atoms with Crippen molar-refractivity contribution in [1.29, 1.82) is 0 Å². The minimum atomic E-state index is 0.708. The van der Waals surface area contributed by atoms with Crippen LogP contribution in [0.4, 0.5) is 0 Å². The maximum Gasteiger partial charge on any atom is 0.191 e. The summed E-state index contributed by atoms with van der Waals surface area (Å²) in [6.07, 6.45) is 1.79. The SMILES string of the molecule is CN=C(NCc1ccc(C)s1)NCc1ccnn1C. The third-order valence-electron chi connectivity index (χ3n) is 2.81. The van der Waals surface area contributed by atoms with Crippen molar-refractivity contribution >= 4 is 17.3 Å². The molecule has 2 heterocycles.